The minimum absolute atomic E-state index is 0.171. The molecule has 0 spiro atoms. The van der Waals surface area contributed by atoms with E-state index in [1.54, 1.807) is 47.0 Å². The van der Waals surface area contributed by atoms with Crippen LogP contribution in [0.15, 0.2) is 79.0 Å². The molecule has 0 aliphatic heterocycles. The van der Waals surface area contributed by atoms with Crippen LogP contribution >= 0.6 is 0 Å². The molecule has 0 radical (unpaired) electrons. The van der Waals surface area contributed by atoms with Gasteiger partial charge in [0, 0.05) is 17.4 Å². The summed E-state index contributed by atoms with van der Waals surface area (Å²) in [5.74, 6) is -0.576. The van der Waals surface area contributed by atoms with E-state index in [1.807, 2.05) is 43.3 Å². The van der Waals surface area contributed by atoms with Crippen LogP contribution in [0.3, 0.4) is 0 Å². The molecule has 0 aliphatic rings. The van der Waals surface area contributed by atoms with Gasteiger partial charge in [-0.3, -0.25) is 9.59 Å². The van der Waals surface area contributed by atoms with Crippen molar-refractivity contribution in [3.8, 4) is 0 Å². The first-order valence-corrected chi connectivity index (χ1v) is 8.92. The van der Waals surface area contributed by atoms with Crippen molar-refractivity contribution in [2.75, 3.05) is 11.1 Å². The number of anilines is 2. The Morgan fingerprint density at radius 2 is 1.68 bits per heavy atom. The van der Waals surface area contributed by atoms with Gasteiger partial charge in [-0.05, 0) is 36.8 Å². The molecule has 3 N–H and O–H groups in total. The molecule has 4 rings (SSSR count). The summed E-state index contributed by atoms with van der Waals surface area (Å²) in [7, 11) is 0. The highest BCUT2D eigenvalue weighted by Gasteiger charge is 2.26. The van der Waals surface area contributed by atoms with Crippen molar-refractivity contribution in [2.45, 2.75) is 6.92 Å². The first-order chi connectivity index (χ1) is 13.6. The number of carbonyl (C=O) groups excluding carboxylic acids is 2. The summed E-state index contributed by atoms with van der Waals surface area (Å²) in [6.45, 7) is 1.95. The third-order valence-corrected chi connectivity index (χ3v) is 4.64. The van der Waals surface area contributed by atoms with Crippen molar-refractivity contribution < 1.29 is 9.59 Å². The number of pyridine rings is 1. The van der Waals surface area contributed by atoms with Crippen LogP contribution in [0, 0.1) is 6.92 Å². The maximum absolute atomic E-state index is 13.1. The van der Waals surface area contributed by atoms with E-state index in [1.165, 1.54) is 0 Å². The lowest BCUT2D eigenvalue weighted by atomic mass is 10.1. The van der Waals surface area contributed by atoms with E-state index in [0.29, 0.717) is 22.3 Å². The monoisotopic (exact) mass is 369 g/mol. The van der Waals surface area contributed by atoms with E-state index in [2.05, 4.69) is 5.32 Å². The summed E-state index contributed by atoms with van der Waals surface area (Å²) in [4.78, 5) is 26.1. The average molecular weight is 369 g/mol. The normalized spacial score (nSPS) is 10.8. The largest absolute Gasteiger partial charge is 0.396 e. The molecule has 2 aromatic heterocycles. The number of benzene rings is 2. The number of fused-ring (bicyclic) bond motifs is 1. The maximum atomic E-state index is 13.1. The molecule has 138 valence electrons. The van der Waals surface area contributed by atoms with E-state index < -0.39 is 0 Å². The predicted octanol–water partition coefficient (Wildman–Crippen LogP) is 4.31. The van der Waals surface area contributed by atoms with Gasteiger partial charge in [0.1, 0.15) is 5.69 Å². The van der Waals surface area contributed by atoms with Crippen LogP contribution in [0.1, 0.15) is 32.0 Å². The summed E-state index contributed by atoms with van der Waals surface area (Å²) >= 11 is 0. The van der Waals surface area contributed by atoms with E-state index in [-0.39, 0.29) is 23.1 Å². The Morgan fingerprint density at radius 1 is 0.929 bits per heavy atom. The van der Waals surface area contributed by atoms with Crippen molar-refractivity contribution in [2.24, 2.45) is 0 Å². The molecular formula is C23H19N3O2. The molecule has 0 saturated heterocycles. The zero-order valence-electron chi connectivity index (χ0n) is 15.3. The number of nitrogen functional groups attached to an aromatic ring is 1. The fraction of sp³-hybridized carbons (Fsp3) is 0.0435. The Hall–Kier alpha value is -3.86. The number of nitrogens with two attached hydrogens (primary N) is 1. The molecule has 0 bridgehead atoms. The number of amides is 1. The van der Waals surface area contributed by atoms with E-state index in [4.69, 9.17) is 5.73 Å². The molecule has 4 aromatic rings. The van der Waals surface area contributed by atoms with Gasteiger partial charge < -0.3 is 15.5 Å². The minimum Gasteiger partial charge on any atom is -0.396 e. The Morgan fingerprint density at radius 3 is 2.43 bits per heavy atom. The molecule has 2 aromatic carbocycles. The lowest BCUT2D eigenvalue weighted by Gasteiger charge is -2.06. The first kappa shape index (κ1) is 17.5. The van der Waals surface area contributed by atoms with Gasteiger partial charge in [-0.2, -0.15) is 0 Å². The number of rotatable bonds is 4. The van der Waals surface area contributed by atoms with Gasteiger partial charge in [-0.25, -0.2) is 0 Å². The molecule has 2 heterocycles. The second-order valence-electron chi connectivity index (χ2n) is 6.61. The smallest absolute Gasteiger partial charge is 0.259 e. The van der Waals surface area contributed by atoms with Crippen molar-refractivity contribution in [1.82, 2.24) is 4.40 Å². The van der Waals surface area contributed by atoms with Crippen molar-refractivity contribution in [3.05, 3.63) is 101 Å². The highest BCUT2D eigenvalue weighted by molar-refractivity contribution is 6.20. The van der Waals surface area contributed by atoms with Gasteiger partial charge in [0.15, 0.2) is 0 Å². The van der Waals surface area contributed by atoms with Gasteiger partial charge in [-0.15, -0.1) is 0 Å². The number of ketones is 1. The molecular weight excluding hydrogens is 350 g/mol. The highest BCUT2D eigenvalue weighted by Crippen LogP contribution is 2.29. The molecule has 28 heavy (non-hydrogen) atoms. The van der Waals surface area contributed by atoms with Crippen LogP contribution in [0.4, 0.5) is 11.4 Å². The molecule has 0 aliphatic carbocycles. The summed E-state index contributed by atoms with van der Waals surface area (Å²) in [5.41, 5.74) is 9.90. The first-order valence-electron chi connectivity index (χ1n) is 8.92. The van der Waals surface area contributed by atoms with Crippen molar-refractivity contribution in [3.63, 3.8) is 0 Å². The van der Waals surface area contributed by atoms with Crippen LogP contribution in [-0.4, -0.2) is 16.1 Å². The predicted molar refractivity (Wildman–Crippen MR) is 111 cm³/mol. The standard InChI is InChI=1S/C23H19N3O2/c1-15-8-7-11-17(14-15)25-23(28)19-18-12-5-6-13-26(18)21(20(19)24)22(27)16-9-3-2-4-10-16/h2-14H,24H2,1H3,(H,25,28). The number of hydrogen-bond acceptors (Lipinski definition) is 3. The molecule has 5 nitrogen and oxygen atoms in total. The fourth-order valence-electron chi connectivity index (χ4n) is 3.34. The quantitative estimate of drug-likeness (QED) is 0.526. The SMILES string of the molecule is Cc1cccc(NC(=O)c2c(N)c(C(=O)c3ccccc3)n3ccccc23)c1. The number of carbonyl (C=O) groups is 2. The van der Waals surface area contributed by atoms with Crippen LogP contribution < -0.4 is 11.1 Å². The summed E-state index contributed by atoms with van der Waals surface area (Å²) < 4.78 is 1.68. The van der Waals surface area contributed by atoms with Gasteiger partial charge in [0.25, 0.3) is 5.91 Å². The molecule has 0 fully saturated rings. The van der Waals surface area contributed by atoms with Gasteiger partial charge in [-0.1, -0.05) is 48.5 Å². The third kappa shape index (κ3) is 3.03. The summed E-state index contributed by atoms with van der Waals surface area (Å²) in [6, 6.07) is 21.8. The Balaban J connectivity index is 1.83. The molecule has 1 amide bonds. The van der Waals surface area contributed by atoms with Gasteiger partial charge >= 0.3 is 0 Å². The van der Waals surface area contributed by atoms with Gasteiger partial charge in [0.2, 0.25) is 5.78 Å². The second kappa shape index (κ2) is 7.04. The zero-order chi connectivity index (χ0) is 19.7. The zero-order valence-corrected chi connectivity index (χ0v) is 15.3. The Bertz CT molecular complexity index is 1190. The van der Waals surface area contributed by atoms with Crippen LogP contribution in [0.5, 0.6) is 0 Å². The average Bonchev–Trinajstić information content (AvgIpc) is 3.00. The maximum Gasteiger partial charge on any atom is 0.259 e. The van der Waals surface area contributed by atoms with Crippen molar-refractivity contribution >= 4 is 28.6 Å². The lowest BCUT2D eigenvalue weighted by molar-refractivity contribution is 0.102. The number of nitrogens with zero attached hydrogens (tertiary/aromatic N) is 1. The fourth-order valence-corrected chi connectivity index (χ4v) is 3.34. The summed E-state index contributed by atoms with van der Waals surface area (Å²) in [5, 5.41) is 2.88. The Kier molecular flexibility index (Phi) is 4.41. The van der Waals surface area contributed by atoms with E-state index in [0.717, 1.165) is 5.56 Å². The van der Waals surface area contributed by atoms with E-state index >= 15 is 0 Å². The lowest BCUT2D eigenvalue weighted by Crippen LogP contribution is -2.14. The minimum atomic E-state index is -0.348. The molecule has 0 atom stereocenters. The van der Waals surface area contributed by atoms with Gasteiger partial charge in [0.05, 0.1) is 16.8 Å². The number of aromatic nitrogens is 1. The topological polar surface area (TPSA) is 76.6 Å². The number of nitrogens with one attached hydrogen (secondary N) is 1. The third-order valence-electron chi connectivity index (χ3n) is 4.64. The highest BCUT2D eigenvalue weighted by atomic mass is 16.2. The van der Waals surface area contributed by atoms with Crippen LogP contribution in [-0.2, 0) is 0 Å². The Labute approximate surface area is 162 Å². The van der Waals surface area contributed by atoms with Crippen LogP contribution in [0.2, 0.25) is 0 Å². The summed E-state index contributed by atoms with van der Waals surface area (Å²) in [6.07, 6.45) is 1.74. The van der Waals surface area contributed by atoms with Crippen molar-refractivity contribution in [1.29, 1.82) is 0 Å². The molecule has 0 saturated carbocycles. The number of hydrogen-bond donors (Lipinski definition) is 2. The van der Waals surface area contributed by atoms with Crippen LogP contribution in [0.25, 0.3) is 5.52 Å². The van der Waals surface area contributed by atoms with E-state index in [9.17, 15) is 9.59 Å². The molecule has 0 unspecified atom stereocenters. The molecule has 5 heteroatoms. The second-order valence-corrected chi connectivity index (χ2v) is 6.61. The number of aryl methyl sites for hydroxylation is 1.